The first-order chi connectivity index (χ1) is 32.3. The Morgan fingerprint density at radius 2 is 1.67 bits per heavy atom. The minimum atomic E-state index is -1.45. The summed E-state index contributed by atoms with van der Waals surface area (Å²) >= 11 is 0. The highest BCUT2D eigenvalue weighted by Gasteiger charge is 2.66. The molecule has 0 radical (unpaired) electrons. The van der Waals surface area contributed by atoms with Gasteiger partial charge in [0.05, 0.1) is 29.2 Å². The standard InChI is InChI=1S/C52H57N3O11/c1-2-25-63-52-48(54(51(58)36-18-19-36)31-35-17-21-46-47(26-35)62-33-61-46)30-44(53-64-32-34-11-4-3-5-12-34)42-27-37(13-6-8-23-56)41(16-7-9-24-57)49(50(42)52)43-29-40(20-22-45(43)66-52)65-39-15-10-14-38(28-39)55(59)60/h2-5,10-12,14-15,17,20-22,26-29,36-37,41,48-50,56-57H,1,6-9,13,16,18-19,23-25,30-33H2/t37-,41+,48-,49+,50+,52+/m0/s1. The van der Waals surface area contributed by atoms with Gasteiger partial charge in [-0.2, -0.15) is 0 Å². The summed E-state index contributed by atoms with van der Waals surface area (Å²) in [4.78, 5) is 34.5. The second kappa shape index (κ2) is 20.1. The molecule has 0 saturated heterocycles. The maximum absolute atomic E-state index is 15.0. The smallest absolute Gasteiger partial charge is 0.273 e. The molecule has 0 unspecified atom stereocenters. The molecule has 0 spiro atoms. The average Bonchev–Trinajstić information content (AvgIpc) is 4.08. The number of oxime groups is 1. The fourth-order valence-corrected chi connectivity index (χ4v) is 10.4. The first kappa shape index (κ1) is 45.0. The Balaban J connectivity index is 1.23. The Hall–Kier alpha value is -6.22. The van der Waals surface area contributed by atoms with Crippen LogP contribution in [-0.2, 0) is 27.5 Å². The molecule has 346 valence electrons. The van der Waals surface area contributed by atoms with Crippen LogP contribution in [0.5, 0.6) is 28.7 Å². The fraction of sp³-hybridized carbons (Fsp3) is 0.423. The number of non-ortho nitro benzene ring substituents is 1. The summed E-state index contributed by atoms with van der Waals surface area (Å²) in [6, 6.07) is 26.6. The highest BCUT2D eigenvalue weighted by atomic mass is 16.7. The number of aliphatic hydroxyl groups is 2. The number of ether oxygens (including phenoxy) is 5. The monoisotopic (exact) mass is 899 g/mol. The van der Waals surface area contributed by atoms with Crippen molar-refractivity contribution in [3.05, 3.63) is 142 Å². The molecule has 2 saturated carbocycles. The van der Waals surface area contributed by atoms with Gasteiger partial charge in [-0.3, -0.25) is 14.9 Å². The van der Waals surface area contributed by atoms with E-state index < -0.39 is 22.7 Å². The van der Waals surface area contributed by atoms with E-state index in [1.54, 1.807) is 24.3 Å². The van der Waals surface area contributed by atoms with Gasteiger partial charge in [-0.1, -0.05) is 72.6 Å². The molecule has 2 heterocycles. The topological polar surface area (TPSA) is 172 Å². The lowest BCUT2D eigenvalue weighted by Crippen LogP contribution is -2.70. The van der Waals surface area contributed by atoms with Crippen molar-refractivity contribution >= 4 is 17.3 Å². The molecule has 14 nitrogen and oxygen atoms in total. The number of rotatable bonds is 21. The number of aliphatic hydroxyl groups excluding tert-OH is 2. The van der Waals surface area contributed by atoms with Gasteiger partial charge in [-0.25, -0.2) is 0 Å². The van der Waals surface area contributed by atoms with Gasteiger partial charge >= 0.3 is 0 Å². The molecule has 6 atom stereocenters. The van der Waals surface area contributed by atoms with E-state index in [9.17, 15) is 20.3 Å². The van der Waals surface area contributed by atoms with Crippen molar-refractivity contribution in [1.29, 1.82) is 0 Å². The predicted molar refractivity (Wildman–Crippen MR) is 245 cm³/mol. The van der Waals surface area contributed by atoms with Crippen LogP contribution in [-0.4, -0.2) is 70.1 Å². The number of benzene rings is 4. The molecule has 2 fully saturated rings. The first-order valence-corrected chi connectivity index (χ1v) is 23.2. The van der Waals surface area contributed by atoms with E-state index in [1.807, 2.05) is 65.6 Å². The molecule has 3 aliphatic carbocycles. The Morgan fingerprint density at radius 3 is 2.44 bits per heavy atom. The molecule has 4 aromatic rings. The molecule has 0 bridgehead atoms. The molecule has 1 amide bonds. The summed E-state index contributed by atoms with van der Waals surface area (Å²) in [7, 11) is 0. The third-order valence-corrected chi connectivity index (χ3v) is 13.5. The quantitative estimate of drug-likeness (QED) is 0.0353. The summed E-state index contributed by atoms with van der Waals surface area (Å²) in [5.41, 5.74) is 4.21. The number of fused-ring (bicyclic) bond motifs is 3. The van der Waals surface area contributed by atoms with Gasteiger partial charge in [0.15, 0.2) is 11.5 Å². The molecule has 9 rings (SSSR count). The summed E-state index contributed by atoms with van der Waals surface area (Å²) in [6.07, 6.45) is 10.2. The van der Waals surface area contributed by atoms with Gasteiger partial charge in [0.2, 0.25) is 18.5 Å². The first-order valence-electron chi connectivity index (χ1n) is 23.2. The number of hydrogen-bond donors (Lipinski definition) is 2. The van der Waals surface area contributed by atoms with E-state index in [-0.39, 0.29) is 81.5 Å². The van der Waals surface area contributed by atoms with Crippen molar-refractivity contribution in [2.45, 2.75) is 88.7 Å². The SMILES string of the molecule is C=CCO[C@@]12Oc3ccc(Oc4cccc([N+](=O)[O-])c4)cc3[C@H]3[C@H](CCCCO)[C@@H](CCCCO)C=C(C(=NOCc4ccccc4)C[C@@H]1N(Cc1ccc4c(c1)OCO4)C(=O)C1CC1)[C@H]32. The van der Waals surface area contributed by atoms with Gasteiger partial charge in [0.25, 0.3) is 5.69 Å². The lowest BCUT2D eigenvalue weighted by Gasteiger charge is -2.60. The van der Waals surface area contributed by atoms with Crippen molar-refractivity contribution in [3.63, 3.8) is 0 Å². The maximum atomic E-state index is 15.0. The van der Waals surface area contributed by atoms with Gasteiger partial charge in [0, 0.05) is 49.6 Å². The number of carbonyl (C=O) groups excluding carboxylic acids is 1. The third-order valence-electron chi connectivity index (χ3n) is 13.5. The Kier molecular flexibility index (Phi) is 13.7. The van der Waals surface area contributed by atoms with Crippen molar-refractivity contribution in [2.24, 2.45) is 28.8 Å². The Bertz CT molecular complexity index is 2450. The number of allylic oxidation sites excluding steroid dienone is 1. The minimum absolute atomic E-state index is 0.0000584. The highest BCUT2D eigenvalue weighted by Crippen LogP contribution is 2.62. The largest absolute Gasteiger partial charge is 0.459 e. The summed E-state index contributed by atoms with van der Waals surface area (Å²) in [6.45, 7) is 4.91. The second-order valence-corrected chi connectivity index (χ2v) is 17.8. The molecular weight excluding hydrogens is 843 g/mol. The van der Waals surface area contributed by atoms with Crippen molar-refractivity contribution in [2.75, 3.05) is 26.6 Å². The van der Waals surface area contributed by atoms with Crippen molar-refractivity contribution in [3.8, 4) is 28.7 Å². The number of hydrogen-bond acceptors (Lipinski definition) is 12. The van der Waals surface area contributed by atoms with Crippen LogP contribution < -0.4 is 18.9 Å². The van der Waals surface area contributed by atoms with Crippen LogP contribution in [0.2, 0.25) is 0 Å². The molecule has 4 aromatic carbocycles. The number of nitro benzene ring substituents is 1. The summed E-state index contributed by atoms with van der Waals surface area (Å²) in [5, 5.41) is 36.7. The number of unbranched alkanes of at least 4 members (excludes halogenated alkanes) is 2. The van der Waals surface area contributed by atoms with Gasteiger partial charge in [-0.15, -0.1) is 6.58 Å². The van der Waals surface area contributed by atoms with Crippen LogP contribution in [0, 0.1) is 33.8 Å². The number of amides is 1. The zero-order chi connectivity index (χ0) is 45.6. The van der Waals surface area contributed by atoms with Gasteiger partial charge in [0.1, 0.15) is 29.9 Å². The van der Waals surface area contributed by atoms with E-state index in [0.717, 1.165) is 60.8 Å². The van der Waals surface area contributed by atoms with Gasteiger partial charge < -0.3 is 43.6 Å². The Labute approximate surface area is 384 Å². The molecule has 0 aromatic heterocycles. The van der Waals surface area contributed by atoms with E-state index in [4.69, 9.17) is 33.7 Å². The summed E-state index contributed by atoms with van der Waals surface area (Å²) < 4.78 is 32.4. The van der Waals surface area contributed by atoms with Crippen LogP contribution >= 0.6 is 0 Å². The molecule has 2 aliphatic heterocycles. The molecular formula is C52H57N3O11. The maximum Gasteiger partial charge on any atom is 0.273 e. The molecule has 66 heavy (non-hydrogen) atoms. The lowest BCUT2D eigenvalue weighted by atomic mass is 9.55. The van der Waals surface area contributed by atoms with Crippen LogP contribution in [0.15, 0.2) is 120 Å². The number of carbonyl (C=O) groups is 1. The van der Waals surface area contributed by atoms with E-state index >= 15 is 4.79 Å². The molecule has 2 N–H and O–H groups in total. The third kappa shape index (κ3) is 9.40. The second-order valence-electron chi connectivity index (χ2n) is 17.8. The predicted octanol–water partition coefficient (Wildman–Crippen LogP) is 9.39. The van der Waals surface area contributed by atoms with Crippen molar-refractivity contribution < 1.29 is 48.5 Å². The van der Waals surface area contributed by atoms with Crippen LogP contribution in [0.1, 0.15) is 80.4 Å². The number of nitrogens with zero attached hydrogens (tertiary/aromatic N) is 3. The molecule has 5 aliphatic rings. The van der Waals surface area contributed by atoms with E-state index in [1.165, 1.54) is 12.1 Å². The normalized spacial score (nSPS) is 24.1. The zero-order valence-electron chi connectivity index (χ0n) is 37.0. The summed E-state index contributed by atoms with van der Waals surface area (Å²) in [5.74, 6) is 0.187. The van der Waals surface area contributed by atoms with Crippen LogP contribution in [0.25, 0.3) is 0 Å². The van der Waals surface area contributed by atoms with Gasteiger partial charge in [-0.05, 0) is 103 Å². The fourth-order valence-electron chi connectivity index (χ4n) is 10.4. The van der Waals surface area contributed by atoms with E-state index in [0.29, 0.717) is 47.3 Å². The molecule has 14 heteroatoms. The average molecular weight is 900 g/mol. The Morgan fingerprint density at radius 1 is 0.894 bits per heavy atom. The van der Waals surface area contributed by atoms with Crippen LogP contribution in [0.4, 0.5) is 5.69 Å². The number of nitro groups is 1. The van der Waals surface area contributed by atoms with Crippen LogP contribution in [0.3, 0.4) is 0 Å². The zero-order valence-corrected chi connectivity index (χ0v) is 37.0. The van der Waals surface area contributed by atoms with E-state index in [2.05, 4.69) is 12.7 Å². The highest BCUT2D eigenvalue weighted by molar-refractivity contribution is 6.03. The minimum Gasteiger partial charge on any atom is -0.459 e. The lowest BCUT2D eigenvalue weighted by molar-refractivity contribution is -0.384. The van der Waals surface area contributed by atoms with Crippen molar-refractivity contribution in [1.82, 2.24) is 4.90 Å².